The van der Waals surface area contributed by atoms with Crippen LogP contribution in [0.1, 0.15) is 29.1 Å². The van der Waals surface area contributed by atoms with E-state index in [9.17, 15) is 4.79 Å². The Hall–Kier alpha value is -1.26. The van der Waals surface area contributed by atoms with Gasteiger partial charge in [-0.25, -0.2) is 0 Å². The van der Waals surface area contributed by atoms with Gasteiger partial charge in [-0.1, -0.05) is 28.1 Å². The van der Waals surface area contributed by atoms with E-state index in [1.807, 2.05) is 31.2 Å². The van der Waals surface area contributed by atoms with E-state index in [0.717, 1.165) is 10.0 Å². The van der Waals surface area contributed by atoms with E-state index < -0.39 is 0 Å². The molecule has 18 heavy (non-hydrogen) atoms. The summed E-state index contributed by atoms with van der Waals surface area (Å²) in [6.07, 6.45) is 0. The van der Waals surface area contributed by atoms with Crippen LogP contribution < -0.4 is 5.32 Å². The Morgan fingerprint density at radius 1 is 1.28 bits per heavy atom. The fourth-order valence-corrected chi connectivity index (χ4v) is 1.95. The van der Waals surface area contributed by atoms with Crippen LogP contribution in [0.3, 0.4) is 0 Å². The highest BCUT2D eigenvalue weighted by Crippen LogP contribution is 2.18. The molecule has 2 aromatic rings. The highest BCUT2D eigenvalue weighted by atomic mass is 79.9. The SMILES string of the molecule is C[C@@H](NC(=O)c1ccc(Cl)o1)c1ccc(Br)cc1. The maximum absolute atomic E-state index is 11.8. The summed E-state index contributed by atoms with van der Waals surface area (Å²) in [5.41, 5.74) is 1.02. The minimum absolute atomic E-state index is 0.102. The maximum Gasteiger partial charge on any atom is 0.287 e. The molecular formula is C13H11BrClNO2. The van der Waals surface area contributed by atoms with Crippen molar-refractivity contribution < 1.29 is 9.21 Å². The van der Waals surface area contributed by atoms with Crippen LogP contribution in [0.2, 0.25) is 5.22 Å². The van der Waals surface area contributed by atoms with E-state index in [-0.39, 0.29) is 22.9 Å². The highest BCUT2D eigenvalue weighted by Gasteiger charge is 2.14. The summed E-state index contributed by atoms with van der Waals surface area (Å²) in [6.45, 7) is 1.91. The average molecular weight is 329 g/mol. The molecule has 1 atom stereocenters. The first-order valence-electron chi connectivity index (χ1n) is 5.38. The molecule has 0 aliphatic rings. The summed E-state index contributed by atoms with van der Waals surface area (Å²) in [6, 6.07) is 10.7. The molecule has 1 heterocycles. The quantitative estimate of drug-likeness (QED) is 0.918. The van der Waals surface area contributed by atoms with Gasteiger partial charge in [0.25, 0.3) is 5.91 Å². The number of carbonyl (C=O) groups is 1. The molecule has 5 heteroatoms. The van der Waals surface area contributed by atoms with Crippen molar-refractivity contribution in [3.63, 3.8) is 0 Å². The molecule has 1 aromatic carbocycles. The van der Waals surface area contributed by atoms with Crippen LogP contribution in [0.25, 0.3) is 0 Å². The third-order valence-electron chi connectivity index (χ3n) is 2.51. The number of amides is 1. The summed E-state index contributed by atoms with van der Waals surface area (Å²) in [4.78, 5) is 11.8. The summed E-state index contributed by atoms with van der Waals surface area (Å²) in [5, 5.41) is 3.04. The van der Waals surface area contributed by atoms with Gasteiger partial charge < -0.3 is 9.73 Å². The average Bonchev–Trinajstić information content (AvgIpc) is 2.76. The second kappa shape index (κ2) is 5.59. The maximum atomic E-state index is 11.8. The molecule has 3 nitrogen and oxygen atoms in total. The molecule has 1 amide bonds. The molecule has 0 saturated heterocycles. The van der Waals surface area contributed by atoms with Crippen LogP contribution in [0, 0.1) is 0 Å². The molecule has 1 N–H and O–H groups in total. The lowest BCUT2D eigenvalue weighted by molar-refractivity contribution is 0.0912. The van der Waals surface area contributed by atoms with Gasteiger partial charge in [0.05, 0.1) is 6.04 Å². The normalized spacial score (nSPS) is 12.2. The van der Waals surface area contributed by atoms with Gasteiger partial charge in [0, 0.05) is 4.47 Å². The van der Waals surface area contributed by atoms with E-state index in [2.05, 4.69) is 21.2 Å². The third kappa shape index (κ3) is 3.15. The number of furan rings is 1. The summed E-state index contributed by atoms with van der Waals surface area (Å²) >= 11 is 8.99. The lowest BCUT2D eigenvalue weighted by Crippen LogP contribution is -2.26. The predicted molar refractivity (Wildman–Crippen MR) is 73.7 cm³/mol. The molecule has 0 aliphatic heterocycles. The Labute approximate surface area is 118 Å². The molecular weight excluding hydrogens is 318 g/mol. The summed E-state index contributed by atoms with van der Waals surface area (Å²) in [5.74, 6) is -0.0683. The lowest BCUT2D eigenvalue weighted by atomic mass is 10.1. The Kier molecular flexibility index (Phi) is 4.09. The molecule has 94 valence electrons. The van der Waals surface area contributed by atoms with Crippen LogP contribution in [0.5, 0.6) is 0 Å². The van der Waals surface area contributed by atoms with Gasteiger partial charge >= 0.3 is 0 Å². The van der Waals surface area contributed by atoms with E-state index >= 15 is 0 Å². The molecule has 1 aromatic heterocycles. The molecule has 0 aliphatic carbocycles. The fraction of sp³-hybridized carbons (Fsp3) is 0.154. The van der Waals surface area contributed by atoms with Gasteiger partial charge in [-0.15, -0.1) is 0 Å². The first-order chi connectivity index (χ1) is 8.56. The number of hydrogen-bond donors (Lipinski definition) is 1. The standard InChI is InChI=1S/C13H11BrClNO2/c1-8(9-2-4-10(14)5-3-9)16-13(17)11-6-7-12(15)18-11/h2-8H,1H3,(H,16,17)/t8-/m1/s1. The third-order valence-corrected chi connectivity index (χ3v) is 3.25. The van der Waals surface area contributed by atoms with Gasteiger partial charge in [0.1, 0.15) is 0 Å². The predicted octanol–water partition coefficient (Wildman–Crippen LogP) is 4.19. The van der Waals surface area contributed by atoms with Gasteiger partial charge in [-0.3, -0.25) is 4.79 Å². The van der Waals surface area contributed by atoms with Gasteiger partial charge in [-0.05, 0) is 48.4 Å². The van der Waals surface area contributed by atoms with Crippen molar-refractivity contribution in [2.75, 3.05) is 0 Å². The molecule has 0 fully saturated rings. The van der Waals surface area contributed by atoms with Gasteiger partial charge in [0.2, 0.25) is 0 Å². The Morgan fingerprint density at radius 3 is 2.50 bits per heavy atom. The molecule has 0 spiro atoms. The monoisotopic (exact) mass is 327 g/mol. The molecule has 0 radical (unpaired) electrons. The second-order valence-electron chi connectivity index (χ2n) is 3.85. The molecule has 0 saturated carbocycles. The lowest BCUT2D eigenvalue weighted by Gasteiger charge is -2.13. The zero-order valence-electron chi connectivity index (χ0n) is 9.61. The first kappa shape index (κ1) is 13.2. The summed E-state index contributed by atoms with van der Waals surface area (Å²) in [7, 11) is 0. The van der Waals surface area contributed by atoms with E-state index in [1.165, 1.54) is 0 Å². The number of halogens is 2. The van der Waals surface area contributed by atoms with E-state index in [1.54, 1.807) is 12.1 Å². The second-order valence-corrected chi connectivity index (χ2v) is 5.14. The van der Waals surface area contributed by atoms with Crippen molar-refractivity contribution in [1.29, 1.82) is 0 Å². The van der Waals surface area contributed by atoms with Gasteiger partial charge in [0.15, 0.2) is 11.0 Å². The Bertz CT molecular complexity index is 550. The van der Waals surface area contributed by atoms with Crippen molar-refractivity contribution in [2.45, 2.75) is 13.0 Å². The largest absolute Gasteiger partial charge is 0.440 e. The summed E-state index contributed by atoms with van der Waals surface area (Å²) < 4.78 is 6.05. The molecule has 0 bridgehead atoms. The van der Waals surface area contributed by atoms with Crippen LogP contribution in [-0.2, 0) is 0 Å². The molecule has 2 rings (SSSR count). The molecule has 0 unspecified atom stereocenters. The van der Waals surface area contributed by atoms with Crippen molar-refractivity contribution in [3.05, 3.63) is 57.4 Å². The Balaban J connectivity index is 2.05. The minimum Gasteiger partial charge on any atom is -0.440 e. The van der Waals surface area contributed by atoms with Crippen LogP contribution in [0.4, 0.5) is 0 Å². The number of benzene rings is 1. The number of carbonyl (C=O) groups excluding carboxylic acids is 1. The van der Waals surface area contributed by atoms with Crippen LogP contribution >= 0.6 is 27.5 Å². The van der Waals surface area contributed by atoms with Gasteiger partial charge in [-0.2, -0.15) is 0 Å². The number of rotatable bonds is 3. The van der Waals surface area contributed by atoms with Crippen molar-refractivity contribution in [2.24, 2.45) is 0 Å². The fourth-order valence-electron chi connectivity index (χ4n) is 1.54. The smallest absolute Gasteiger partial charge is 0.287 e. The van der Waals surface area contributed by atoms with Crippen molar-refractivity contribution >= 4 is 33.4 Å². The highest BCUT2D eigenvalue weighted by molar-refractivity contribution is 9.10. The zero-order chi connectivity index (χ0) is 13.1. The minimum atomic E-state index is -0.280. The van der Waals surface area contributed by atoms with E-state index in [0.29, 0.717) is 0 Å². The van der Waals surface area contributed by atoms with Crippen molar-refractivity contribution in [1.82, 2.24) is 5.32 Å². The zero-order valence-corrected chi connectivity index (χ0v) is 12.0. The van der Waals surface area contributed by atoms with Crippen LogP contribution in [0.15, 0.2) is 45.3 Å². The van der Waals surface area contributed by atoms with Crippen LogP contribution in [-0.4, -0.2) is 5.91 Å². The topological polar surface area (TPSA) is 42.2 Å². The van der Waals surface area contributed by atoms with Crippen molar-refractivity contribution in [3.8, 4) is 0 Å². The number of nitrogens with one attached hydrogen (secondary N) is 1. The number of hydrogen-bond acceptors (Lipinski definition) is 2. The first-order valence-corrected chi connectivity index (χ1v) is 6.55. The Morgan fingerprint density at radius 2 is 1.94 bits per heavy atom. The van der Waals surface area contributed by atoms with E-state index in [4.69, 9.17) is 16.0 Å².